The molecule has 2 aliphatic carbocycles. The van der Waals surface area contributed by atoms with Crippen LogP contribution in [0.5, 0.6) is 0 Å². The van der Waals surface area contributed by atoms with Crippen LogP contribution >= 0.6 is 23.4 Å². The number of thioether (sulfide) groups is 1. The zero-order chi connectivity index (χ0) is 18.1. The van der Waals surface area contributed by atoms with Crippen LogP contribution in [0.3, 0.4) is 0 Å². The van der Waals surface area contributed by atoms with Crippen LogP contribution in [-0.2, 0) is 16.1 Å². The van der Waals surface area contributed by atoms with Crippen LogP contribution in [0.1, 0.15) is 25.7 Å². The largest absolute Gasteiger partial charge is 0.383 e. The third-order valence-electron chi connectivity index (χ3n) is 5.11. The summed E-state index contributed by atoms with van der Waals surface area (Å²) in [7, 11) is 1.69. The van der Waals surface area contributed by atoms with Crippen LogP contribution in [0.4, 0.5) is 0 Å². The highest BCUT2D eigenvalue weighted by atomic mass is 35.5. The van der Waals surface area contributed by atoms with Crippen LogP contribution in [0.25, 0.3) is 11.0 Å². The molecule has 0 atom stereocenters. The number of hydrogen-bond donors (Lipinski definition) is 1. The highest BCUT2D eigenvalue weighted by Gasteiger charge is 2.42. The molecule has 1 heterocycles. The van der Waals surface area contributed by atoms with E-state index in [4.69, 9.17) is 16.3 Å². The van der Waals surface area contributed by atoms with E-state index in [2.05, 4.69) is 14.9 Å². The molecule has 0 saturated heterocycles. The lowest BCUT2D eigenvalue weighted by Crippen LogP contribution is -2.39. The average molecular weight is 394 g/mol. The Morgan fingerprint density at radius 1 is 1.38 bits per heavy atom. The van der Waals surface area contributed by atoms with Gasteiger partial charge in [-0.25, -0.2) is 4.98 Å². The standard InChI is InChI=1S/C19H24ClN3O2S/c1-25-9-8-23-16-7-6-14(20)10-15(16)21-19(23)26-11-17(24)22-18(12-2-3-12)13-4-5-13/h6-7,10,12-13,18H,2-5,8-9,11H2,1H3,(H,22,24). The SMILES string of the molecule is COCCn1c(SCC(=O)NC(C2CC2)C2CC2)nc2cc(Cl)ccc21. The molecule has 1 N–H and O–H groups in total. The fourth-order valence-corrected chi connectivity index (χ4v) is 4.50. The first-order chi connectivity index (χ1) is 12.7. The van der Waals surface area contributed by atoms with Crippen LogP contribution in [0.2, 0.25) is 5.02 Å². The summed E-state index contributed by atoms with van der Waals surface area (Å²) in [5, 5.41) is 4.78. The van der Waals surface area contributed by atoms with Gasteiger partial charge in [-0.3, -0.25) is 4.79 Å². The smallest absolute Gasteiger partial charge is 0.230 e. The molecule has 2 aromatic rings. The van der Waals surface area contributed by atoms with Gasteiger partial charge < -0.3 is 14.6 Å². The molecular weight excluding hydrogens is 370 g/mol. The second-order valence-electron chi connectivity index (χ2n) is 7.23. The zero-order valence-corrected chi connectivity index (χ0v) is 16.5. The van der Waals surface area contributed by atoms with Crippen molar-refractivity contribution in [3.05, 3.63) is 23.2 Å². The van der Waals surface area contributed by atoms with Crippen molar-refractivity contribution in [1.82, 2.24) is 14.9 Å². The van der Waals surface area contributed by atoms with Crippen molar-refractivity contribution in [2.24, 2.45) is 11.8 Å². The number of ether oxygens (including phenoxy) is 1. The molecule has 26 heavy (non-hydrogen) atoms. The molecule has 2 aliphatic rings. The maximum Gasteiger partial charge on any atom is 0.230 e. The van der Waals surface area contributed by atoms with E-state index >= 15 is 0 Å². The number of benzene rings is 1. The molecule has 7 heteroatoms. The minimum Gasteiger partial charge on any atom is -0.383 e. The average Bonchev–Trinajstić information content (AvgIpc) is 3.52. The Morgan fingerprint density at radius 2 is 2.12 bits per heavy atom. The van der Waals surface area contributed by atoms with Crippen molar-refractivity contribution >= 4 is 40.3 Å². The predicted molar refractivity (Wildman–Crippen MR) is 105 cm³/mol. The first-order valence-electron chi connectivity index (χ1n) is 9.22. The Labute approximate surface area is 162 Å². The van der Waals surface area contributed by atoms with E-state index in [1.165, 1.54) is 37.4 Å². The Hall–Kier alpha value is -1.24. The number of methoxy groups -OCH3 is 1. The van der Waals surface area contributed by atoms with Crippen LogP contribution in [0.15, 0.2) is 23.4 Å². The summed E-state index contributed by atoms with van der Waals surface area (Å²) in [5.41, 5.74) is 1.87. The van der Waals surface area contributed by atoms with Gasteiger partial charge in [0.15, 0.2) is 5.16 Å². The number of carbonyl (C=O) groups excluding carboxylic acids is 1. The van der Waals surface area contributed by atoms with Gasteiger partial charge in [-0.15, -0.1) is 0 Å². The van der Waals surface area contributed by atoms with E-state index in [1.807, 2.05) is 18.2 Å². The molecule has 0 unspecified atom stereocenters. The van der Waals surface area contributed by atoms with E-state index in [9.17, 15) is 4.79 Å². The van der Waals surface area contributed by atoms with Crippen LogP contribution in [0, 0.1) is 11.8 Å². The number of rotatable bonds is 9. The van der Waals surface area contributed by atoms with Crippen molar-refractivity contribution in [2.75, 3.05) is 19.5 Å². The number of aromatic nitrogens is 2. The van der Waals surface area contributed by atoms with Gasteiger partial charge in [0.25, 0.3) is 0 Å². The van der Waals surface area contributed by atoms with Gasteiger partial charge in [0.2, 0.25) is 5.91 Å². The molecule has 0 bridgehead atoms. The molecule has 0 aliphatic heterocycles. The first-order valence-corrected chi connectivity index (χ1v) is 10.6. The number of hydrogen-bond acceptors (Lipinski definition) is 4. The monoisotopic (exact) mass is 393 g/mol. The summed E-state index contributed by atoms with van der Waals surface area (Å²) in [4.78, 5) is 17.1. The molecule has 1 amide bonds. The lowest BCUT2D eigenvalue weighted by molar-refractivity contribution is -0.119. The molecule has 0 spiro atoms. The number of halogens is 1. The second-order valence-corrected chi connectivity index (χ2v) is 8.61. The van der Waals surface area contributed by atoms with E-state index < -0.39 is 0 Å². The number of imidazole rings is 1. The predicted octanol–water partition coefficient (Wildman–Crippen LogP) is 3.73. The second kappa shape index (κ2) is 7.79. The van der Waals surface area contributed by atoms with E-state index in [-0.39, 0.29) is 5.91 Å². The van der Waals surface area contributed by atoms with Gasteiger partial charge in [0, 0.05) is 24.7 Å². The summed E-state index contributed by atoms with van der Waals surface area (Å²) in [6.07, 6.45) is 5.06. The molecule has 1 aromatic heterocycles. The summed E-state index contributed by atoms with van der Waals surface area (Å²) < 4.78 is 7.33. The van der Waals surface area contributed by atoms with Gasteiger partial charge in [-0.1, -0.05) is 23.4 Å². The topological polar surface area (TPSA) is 56.1 Å². The molecule has 5 nitrogen and oxygen atoms in total. The molecule has 0 radical (unpaired) electrons. The Morgan fingerprint density at radius 3 is 2.77 bits per heavy atom. The molecule has 2 saturated carbocycles. The minimum atomic E-state index is 0.113. The van der Waals surface area contributed by atoms with Gasteiger partial charge >= 0.3 is 0 Å². The number of nitrogens with zero attached hydrogens (tertiary/aromatic N) is 2. The van der Waals surface area contributed by atoms with Crippen molar-refractivity contribution in [3.8, 4) is 0 Å². The maximum atomic E-state index is 12.5. The van der Waals surface area contributed by atoms with Crippen LogP contribution < -0.4 is 5.32 Å². The number of amides is 1. The molecule has 140 valence electrons. The summed E-state index contributed by atoms with van der Waals surface area (Å²) in [5.74, 6) is 1.93. The zero-order valence-electron chi connectivity index (χ0n) is 14.9. The molecule has 2 fully saturated rings. The van der Waals surface area contributed by atoms with Gasteiger partial charge in [-0.2, -0.15) is 0 Å². The summed E-state index contributed by atoms with van der Waals surface area (Å²) in [6.45, 7) is 1.30. The number of nitrogens with one attached hydrogen (secondary N) is 1. The van der Waals surface area contributed by atoms with Gasteiger partial charge in [-0.05, 0) is 55.7 Å². The van der Waals surface area contributed by atoms with E-state index in [1.54, 1.807) is 7.11 Å². The van der Waals surface area contributed by atoms with E-state index in [0.29, 0.717) is 41.8 Å². The van der Waals surface area contributed by atoms with Gasteiger partial charge in [0.1, 0.15) is 0 Å². The van der Waals surface area contributed by atoms with E-state index in [0.717, 1.165) is 16.2 Å². The first kappa shape index (κ1) is 18.1. The van der Waals surface area contributed by atoms with Crippen molar-refractivity contribution in [2.45, 2.75) is 43.4 Å². The summed E-state index contributed by atoms with van der Waals surface area (Å²) in [6, 6.07) is 6.10. The molecule has 4 rings (SSSR count). The fourth-order valence-electron chi connectivity index (χ4n) is 3.48. The van der Waals surface area contributed by atoms with Crippen LogP contribution in [-0.4, -0.2) is 41.0 Å². The van der Waals surface area contributed by atoms with Gasteiger partial charge in [0.05, 0.1) is 23.4 Å². The number of carbonyl (C=O) groups is 1. The van der Waals surface area contributed by atoms with Crippen molar-refractivity contribution in [1.29, 1.82) is 0 Å². The number of fused-ring (bicyclic) bond motifs is 1. The molecular formula is C19H24ClN3O2S. The third kappa shape index (κ3) is 4.18. The highest BCUT2D eigenvalue weighted by Crippen LogP contribution is 2.44. The summed E-state index contributed by atoms with van der Waals surface area (Å²) >= 11 is 7.58. The lowest BCUT2D eigenvalue weighted by Gasteiger charge is -2.17. The Kier molecular flexibility index (Phi) is 5.43. The minimum absolute atomic E-state index is 0.113. The normalized spacial score (nSPS) is 17.2. The fraction of sp³-hybridized carbons (Fsp3) is 0.579. The highest BCUT2D eigenvalue weighted by molar-refractivity contribution is 7.99. The van der Waals surface area contributed by atoms with Crippen molar-refractivity contribution in [3.63, 3.8) is 0 Å². The van der Waals surface area contributed by atoms with Crippen molar-refractivity contribution < 1.29 is 9.53 Å². The Balaban J connectivity index is 1.44. The molecule has 1 aromatic carbocycles. The third-order valence-corrected chi connectivity index (χ3v) is 6.33. The lowest BCUT2D eigenvalue weighted by atomic mass is 10.1. The maximum absolute atomic E-state index is 12.5. The Bertz CT molecular complexity index is 789. The quantitative estimate of drug-likeness (QED) is 0.659.